The van der Waals surface area contributed by atoms with E-state index < -0.39 is 0 Å². The van der Waals surface area contributed by atoms with Crippen LogP contribution in [-0.2, 0) is 4.79 Å². The fourth-order valence-electron chi connectivity index (χ4n) is 4.78. The molecule has 2 aromatic heterocycles. The smallest absolute Gasteiger partial charge is 0.244 e. The molecule has 0 bridgehead atoms. The fourth-order valence-corrected chi connectivity index (χ4v) is 4.78. The van der Waals surface area contributed by atoms with Gasteiger partial charge in [0.25, 0.3) is 0 Å². The van der Waals surface area contributed by atoms with Crippen molar-refractivity contribution in [3.05, 3.63) is 78.5 Å². The van der Waals surface area contributed by atoms with Crippen LogP contribution in [0.15, 0.2) is 77.4 Å². The molecule has 3 heterocycles. The molecule has 1 amide bonds. The minimum Gasteiger partial charge on any atom is -0.454 e. The number of fused-ring (bicyclic) bond motifs is 1. The highest BCUT2D eigenvalue weighted by Gasteiger charge is 2.31. The summed E-state index contributed by atoms with van der Waals surface area (Å²) < 4.78 is 7.92. The van der Waals surface area contributed by atoms with E-state index in [1.807, 2.05) is 77.6 Å². The first-order valence-corrected chi connectivity index (χ1v) is 12.1. The van der Waals surface area contributed by atoms with Gasteiger partial charge in [-0.25, -0.2) is 4.68 Å². The van der Waals surface area contributed by atoms with Gasteiger partial charge in [0.1, 0.15) is 11.3 Å². The van der Waals surface area contributed by atoms with E-state index in [1.54, 1.807) is 6.08 Å². The summed E-state index contributed by atoms with van der Waals surface area (Å²) in [6, 6.07) is 20.9. The molecule has 2 aromatic carbocycles. The highest BCUT2D eigenvalue weighted by atomic mass is 16.3. The van der Waals surface area contributed by atoms with Crippen LogP contribution < -0.4 is 5.32 Å². The molecular formula is C28H28N4O2. The number of rotatable bonds is 6. The van der Waals surface area contributed by atoms with Crippen LogP contribution in [-0.4, -0.2) is 45.8 Å². The van der Waals surface area contributed by atoms with Gasteiger partial charge in [-0.05, 0) is 56.0 Å². The Balaban J connectivity index is 1.23. The molecule has 172 valence electrons. The van der Waals surface area contributed by atoms with Crippen molar-refractivity contribution in [1.29, 1.82) is 0 Å². The average molecular weight is 453 g/mol. The number of nitrogens with zero attached hydrogens (tertiary/aromatic N) is 3. The Bertz CT molecular complexity index is 1290. The van der Waals surface area contributed by atoms with Crippen LogP contribution in [0.1, 0.15) is 31.2 Å². The molecule has 1 aliphatic carbocycles. The molecule has 0 spiro atoms. The van der Waals surface area contributed by atoms with Gasteiger partial charge >= 0.3 is 0 Å². The van der Waals surface area contributed by atoms with Crippen LogP contribution in [0.25, 0.3) is 34.2 Å². The first-order chi connectivity index (χ1) is 16.7. The second-order valence-electron chi connectivity index (χ2n) is 9.24. The summed E-state index contributed by atoms with van der Waals surface area (Å²) in [6.45, 7) is 2.17. The van der Waals surface area contributed by atoms with Gasteiger partial charge in [0.15, 0.2) is 5.76 Å². The highest BCUT2D eigenvalue weighted by Crippen LogP contribution is 2.31. The van der Waals surface area contributed by atoms with Crippen molar-refractivity contribution >= 4 is 23.0 Å². The standard InChI is InChI=1S/C28H28N4O2/c33-27(29-22-14-16-31(17-15-22)23-11-12-23)13-10-21-19-32(24-7-2-1-3-8-24)30-28(21)26-18-20-6-4-5-9-25(20)34-26/h1-10,13,18-19,22-23H,11-12,14-17H2,(H,29,33)/b13-10-. The lowest BCUT2D eigenvalue weighted by Gasteiger charge is -2.32. The molecule has 0 atom stereocenters. The molecule has 2 aliphatic rings. The van der Waals surface area contributed by atoms with Gasteiger partial charge in [-0.3, -0.25) is 4.79 Å². The molecule has 0 unspecified atom stereocenters. The number of nitrogens with one attached hydrogen (secondary N) is 1. The summed E-state index contributed by atoms with van der Waals surface area (Å²) in [5, 5.41) is 9.01. The van der Waals surface area contributed by atoms with Crippen molar-refractivity contribution < 1.29 is 9.21 Å². The monoisotopic (exact) mass is 452 g/mol. The third-order valence-electron chi connectivity index (χ3n) is 6.78. The lowest BCUT2D eigenvalue weighted by molar-refractivity contribution is -0.117. The van der Waals surface area contributed by atoms with Crippen LogP contribution in [0.3, 0.4) is 0 Å². The zero-order valence-electron chi connectivity index (χ0n) is 19.1. The van der Waals surface area contributed by atoms with E-state index in [2.05, 4.69) is 10.2 Å². The van der Waals surface area contributed by atoms with Crippen molar-refractivity contribution in [1.82, 2.24) is 20.0 Å². The summed E-state index contributed by atoms with van der Waals surface area (Å²) in [5.74, 6) is 0.622. The lowest BCUT2D eigenvalue weighted by atomic mass is 10.0. The molecule has 1 aliphatic heterocycles. The van der Waals surface area contributed by atoms with Crippen LogP contribution >= 0.6 is 0 Å². The molecule has 4 aromatic rings. The van der Waals surface area contributed by atoms with E-state index in [-0.39, 0.29) is 11.9 Å². The number of hydrogen-bond acceptors (Lipinski definition) is 4. The van der Waals surface area contributed by atoms with E-state index in [0.29, 0.717) is 11.5 Å². The fraction of sp³-hybridized carbons (Fsp3) is 0.286. The molecular weight excluding hydrogens is 424 g/mol. The van der Waals surface area contributed by atoms with Gasteiger partial charge in [0.2, 0.25) is 5.91 Å². The predicted octanol–water partition coefficient (Wildman–Crippen LogP) is 5.04. The Morgan fingerprint density at radius 1 is 1.00 bits per heavy atom. The van der Waals surface area contributed by atoms with Gasteiger partial charge in [-0.15, -0.1) is 0 Å². The van der Waals surface area contributed by atoms with Crippen molar-refractivity contribution in [3.8, 4) is 17.1 Å². The summed E-state index contributed by atoms with van der Waals surface area (Å²) in [7, 11) is 0. The molecule has 1 saturated heterocycles. The Morgan fingerprint density at radius 2 is 1.76 bits per heavy atom. The predicted molar refractivity (Wildman–Crippen MR) is 134 cm³/mol. The molecule has 2 fully saturated rings. The summed E-state index contributed by atoms with van der Waals surface area (Å²) >= 11 is 0. The highest BCUT2D eigenvalue weighted by molar-refractivity contribution is 5.93. The van der Waals surface area contributed by atoms with Gasteiger partial charge in [0.05, 0.1) is 5.69 Å². The maximum atomic E-state index is 12.7. The third-order valence-corrected chi connectivity index (χ3v) is 6.78. The molecule has 1 saturated carbocycles. The summed E-state index contributed by atoms with van der Waals surface area (Å²) in [6.07, 6.45) is 10.1. The van der Waals surface area contributed by atoms with Crippen LogP contribution in [0.2, 0.25) is 0 Å². The minimum atomic E-state index is -0.0621. The summed E-state index contributed by atoms with van der Waals surface area (Å²) in [4.78, 5) is 15.3. The molecule has 0 radical (unpaired) electrons. The molecule has 1 N–H and O–H groups in total. The van der Waals surface area contributed by atoms with Gasteiger partial charge in [-0.2, -0.15) is 5.10 Å². The molecule has 6 rings (SSSR count). The second-order valence-corrected chi connectivity index (χ2v) is 9.24. The third kappa shape index (κ3) is 4.41. The van der Waals surface area contributed by atoms with E-state index in [4.69, 9.17) is 9.52 Å². The maximum absolute atomic E-state index is 12.7. The van der Waals surface area contributed by atoms with Gasteiger partial charge < -0.3 is 14.6 Å². The van der Waals surface area contributed by atoms with Crippen LogP contribution in [0, 0.1) is 0 Å². The van der Waals surface area contributed by atoms with Crippen LogP contribution in [0.4, 0.5) is 0 Å². The van der Waals surface area contributed by atoms with E-state index in [0.717, 1.165) is 54.2 Å². The molecule has 6 heteroatoms. The number of piperidine rings is 1. The topological polar surface area (TPSA) is 63.3 Å². The number of likely N-dealkylation sites (tertiary alicyclic amines) is 1. The number of carbonyl (C=O) groups excluding carboxylic acids is 1. The Labute approximate surface area is 198 Å². The quantitative estimate of drug-likeness (QED) is 0.416. The maximum Gasteiger partial charge on any atom is 0.244 e. The van der Waals surface area contributed by atoms with E-state index in [1.165, 1.54) is 12.8 Å². The van der Waals surface area contributed by atoms with Gasteiger partial charge in [-0.1, -0.05) is 36.4 Å². The van der Waals surface area contributed by atoms with E-state index >= 15 is 0 Å². The number of para-hydroxylation sites is 2. The number of hydrogen-bond donors (Lipinski definition) is 1. The Morgan fingerprint density at radius 3 is 2.53 bits per heavy atom. The zero-order valence-corrected chi connectivity index (χ0v) is 19.1. The lowest BCUT2D eigenvalue weighted by Crippen LogP contribution is -2.44. The molecule has 34 heavy (non-hydrogen) atoms. The number of benzene rings is 2. The summed E-state index contributed by atoms with van der Waals surface area (Å²) in [5.41, 5.74) is 3.31. The zero-order chi connectivity index (χ0) is 22.9. The first-order valence-electron chi connectivity index (χ1n) is 12.1. The van der Waals surface area contributed by atoms with Crippen molar-refractivity contribution in [3.63, 3.8) is 0 Å². The minimum absolute atomic E-state index is 0.0621. The normalized spacial score (nSPS) is 17.5. The average Bonchev–Trinajstić information content (AvgIpc) is 3.49. The van der Waals surface area contributed by atoms with Crippen molar-refractivity contribution in [2.45, 2.75) is 37.8 Å². The first kappa shape index (κ1) is 20.9. The Hall–Kier alpha value is -3.64. The SMILES string of the molecule is O=C(/C=C\c1cn(-c2ccccc2)nc1-c1cc2ccccc2o1)NC1CCN(C2CC2)CC1. The van der Waals surface area contributed by atoms with Crippen molar-refractivity contribution in [2.75, 3.05) is 13.1 Å². The number of aromatic nitrogens is 2. The van der Waals surface area contributed by atoms with E-state index in [9.17, 15) is 4.79 Å². The largest absolute Gasteiger partial charge is 0.454 e. The van der Waals surface area contributed by atoms with Crippen LogP contribution in [0.5, 0.6) is 0 Å². The number of furan rings is 1. The Kier molecular flexibility index (Phi) is 5.51. The second kappa shape index (κ2) is 8.95. The van der Waals surface area contributed by atoms with Gasteiger partial charge in [0, 0.05) is 48.4 Å². The number of amides is 1. The van der Waals surface area contributed by atoms with Crippen molar-refractivity contribution in [2.24, 2.45) is 0 Å². The molecule has 6 nitrogen and oxygen atoms in total. The number of carbonyl (C=O) groups is 1.